The van der Waals surface area contributed by atoms with E-state index in [9.17, 15) is 14.4 Å². The minimum Gasteiger partial charge on any atom is -0.378 e. The Labute approximate surface area is 280 Å². The van der Waals surface area contributed by atoms with E-state index in [1.807, 2.05) is 88.5 Å². The summed E-state index contributed by atoms with van der Waals surface area (Å²) < 4.78 is 5.47. The van der Waals surface area contributed by atoms with Crippen molar-refractivity contribution in [3.05, 3.63) is 99.5 Å². The van der Waals surface area contributed by atoms with Crippen molar-refractivity contribution in [3.63, 3.8) is 0 Å². The largest absolute Gasteiger partial charge is 0.378 e. The molecule has 0 saturated carbocycles. The van der Waals surface area contributed by atoms with E-state index in [1.165, 1.54) is 0 Å². The normalized spacial score (nSPS) is 20.8. The van der Waals surface area contributed by atoms with Crippen LogP contribution in [-0.4, -0.2) is 98.0 Å². The molecule has 10 heteroatoms. The molecule has 0 aromatic heterocycles. The Morgan fingerprint density at radius 2 is 1.43 bits per heavy atom. The second-order valence-corrected chi connectivity index (χ2v) is 13.2. The van der Waals surface area contributed by atoms with Crippen LogP contribution in [0.2, 0.25) is 10.0 Å². The summed E-state index contributed by atoms with van der Waals surface area (Å²) in [5, 5.41) is 0.914. The average Bonchev–Trinajstić information content (AvgIpc) is 3.12. The van der Waals surface area contributed by atoms with Gasteiger partial charge >= 0.3 is 0 Å². The summed E-state index contributed by atoms with van der Waals surface area (Å²) >= 11 is 12.7. The van der Waals surface area contributed by atoms with Crippen LogP contribution in [0.3, 0.4) is 0 Å². The molecular weight excluding hydrogens is 623 g/mol. The Balaban J connectivity index is 1.14. The first-order chi connectivity index (χ1) is 22.3. The predicted octanol–water partition coefficient (Wildman–Crippen LogP) is 5.84. The van der Waals surface area contributed by atoms with E-state index in [0.717, 1.165) is 24.3 Å². The minimum atomic E-state index is -0.145. The van der Waals surface area contributed by atoms with Crippen molar-refractivity contribution < 1.29 is 19.1 Å². The van der Waals surface area contributed by atoms with Crippen molar-refractivity contribution >= 4 is 46.6 Å². The molecule has 3 heterocycles. The molecule has 0 N–H and O–H groups in total. The van der Waals surface area contributed by atoms with Gasteiger partial charge in [-0.15, -0.1) is 0 Å². The number of likely N-dealkylation sites (N-methyl/N-ethyl adjacent to an activating group) is 1. The average molecular weight is 664 g/mol. The molecule has 2 atom stereocenters. The highest BCUT2D eigenvalue weighted by atomic mass is 35.5. The molecule has 6 rings (SSSR count). The maximum atomic E-state index is 13.9. The van der Waals surface area contributed by atoms with Crippen molar-refractivity contribution in [1.82, 2.24) is 14.7 Å². The monoisotopic (exact) mass is 662 g/mol. The predicted molar refractivity (Wildman–Crippen MR) is 181 cm³/mol. The van der Waals surface area contributed by atoms with E-state index in [0.29, 0.717) is 79.8 Å². The Morgan fingerprint density at radius 3 is 2.11 bits per heavy atom. The molecule has 0 unspecified atom stereocenters. The van der Waals surface area contributed by atoms with Crippen molar-refractivity contribution in [2.75, 3.05) is 64.4 Å². The van der Waals surface area contributed by atoms with Gasteiger partial charge in [-0.05, 0) is 73.4 Å². The van der Waals surface area contributed by atoms with Crippen LogP contribution in [-0.2, 0) is 9.53 Å². The molecule has 242 valence electrons. The smallest absolute Gasteiger partial charge is 0.253 e. The summed E-state index contributed by atoms with van der Waals surface area (Å²) in [6, 6.07) is 22.5. The lowest BCUT2D eigenvalue weighted by molar-refractivity contribution is -0.138. The van der Waals surface area contributed by atoms with E-state index in [4.69, 9.17) is 27.9 Å². The molecule has 0 bridgehead atoms. The summed E-state index contributed by atoms with van der Waals surface area (Å²) in [5.74, 6) is -0.221. The number of hydrogen-bond donors (Lipinski definition) is 0. The maximum absolute atomic E-state index is 13.9. The van der Waals surface area contributed by atoms with E-state index in [1.54, 1.807) is 6.07 Å². The topological polar surface area (TPSA) is 73.4 Å². The lowest BCUT2D eigenvalue weighted by atomic mass is 9.83. The molecule has 0 aliphatic carbocycles. The fourth-order valence-electron chi connectivity index (χ4n) is 7.02. The van der Waals surface area contributed by atoms with Crippen molar-refractivity contribution in [2.24, 2.45) is 5.92 Å². The molecule has 3 saturated heterocycles. The summed E-state index contributed by atoms with van der Waals surface area (Å²) in [5.41, 5.74) is 3.33. The number of halogens is 2. The van der Waals surface area contributed by atoms with Gasteiger partial charge in [0.25, 0.3) is 11.8 Å². The molecule has 3 fully saturated rings. The first-order valence-corrected chi connectivity index (χ1v) is 16.8. The van der Waals surface area contributed by atoms with Crippen LogP contribution in [0.25, 0.3) is 0 Å². The first kappa shape index (κ1) is 32.4. The molecule has 0 radical (unpaired) electrons. The number of benzene rings is 3. The van der Waals surface area contributed by atoms with E-state index >= 15 is 0 Å². The van der Waals surface area contributed by atoms with Gasteiger partial charge in [-0.2, -0.15) is 0 Å². The van der Waals surface area contributed by atoms with E-state index < -0.39 is 0 Å². The van der Waals surface area contributed by atoms with Crippen LogP contribution in [0, 0.1) is 5.92 Å². The highest BCUT2D eigenvalue weighted by Crippen LogP contribution is 2.36. The highest BCUT2D eigenvalue weighted by Gasteiger charge is 2.39. The fraction of sp³-hybridized carbons (Fsp3) is 0.417. The molecule has 3 aromatic carbocycles. The number of carbonyl (C=O) groups is 3. The molecule has 3 aliphatic rings. The number of nitrogens with zero attached hydrogens (tertiary/aromatic N) is 4. The molecule has 3 aliphatic heterocycles. The quantitative estimate of drug-likeness (QED) is 0.332. The van der Waals surface area contributed by atoms with Gasteiger partial charge in [0.1, 0.15) is 0 Å². The van der Waals surface area contributed by atoms with Gasteiger partial charge in [0.05, 0.1) is 23.3 Å². The number of likely N-dealkylation sites (tertiary alicyclic amines) is 2. The number of piperidine rings is 2. The van der Waals surface area contributed by atoms with Crippen molar-refractivity contribution in [3.8, 4) is 0 Å². The third-order valence-corrected chi connectivity index (χ3v) is 10.5. The Hall–Kier alpha value is -3.59. The molecule has 8 nitrogen and oxygen atoms in total. The van der Waals surface area contributed by atoms with Crippen LogP contribution < -0.4 is 4.90 Å². The van der Waals surface area contributed by atoms with Crippen LogP contribution in [0.4, 0.5) is 5.69 Å². The number of carbonyl (C=O) groups excluding carboxylic acids is 3. The zero-order valence-corrected chi connectivity index (χ0v) is 27.6. The molecule has 0 spiro atoms. The summed E-state index contributed by atoms with van der Waals surface area (Å²) in [7, 11) is 1.85. The molecular formula is C36H40Cl2N4O4. The lowest BCUT2D eigenvalue weighted by Gasteiger charge is -2.44. The van der Waals surface area contributed by atoms with Crippen molar-refractivity contribution in [2.45, 2.75) is 31.2 Å². The van der Waals surface area contributed by atoms with Gasteiger partial charge < -0.3 is 24.3 Å². The molecule has 3 amide bonds. The first-order valence-electron chi connectivity index (χ1n) is 16.1. The van der Waals surface area contributed by atoms with Crippen LogP contribution in [0.15, 0.2) is 72.8 Å². The van der Waals surface area contributed by atoms with Gasteiger partial charge in [-0.25, -0.2) is 0 Å². The Bertz CT molecular complexity index is 1540. The van der Waals surface area contributed by atoms with Crippen LogP contribution >= 0.6 is 23.2 Å². The standard InChI is InChI=1S/C36H40Cl2N4O4/c1-39(34(43)26-7-10-29(11-8-26)40-19-21-46-22-20-40)33-15-18-42(24-30(33)28-9-12-31(37)32(38)23-28)36(45)27-13-16-41(17-14-27)35(44)25-5-3-2-4-6-25/h2-12,23,27,30,33H,13-22,24H2,1H3/t30-,33+/m0/s1. The van der Waals surface area contributed by atoms with Gasteiger partial charge in [-0.3, -0.25) is 14.4 Å². The van der Waals surface area contributed by atoms with E-state index in [2.05, 4.69) is 4.90 Å². The SMILES string of the molecule is CN(C(=O)c1ccc(N2CCOCC2)cc1)[C@@H]1CCN(C(=O)C2CCN(C(=O)c3ccccc3)CC2)C[C@H]1c1ccc(Cl)c(Cl)c1. The number of rotatable bonds is 6. The second kappa shape index (κ2) is 14.4. The third kappa shape index (κ3) is 7.04. The summed E-state index contributed by atoms with van der Waals surface area (Å²) in [4.78, 5) is 48.5. The number of anilines is 1. The Morgan fingerprint density at radius 1 is 0.761 bits per heavy atom. The number of amides is 3. The number of ether oxygens (including phenoxy) is 1. The summed E-state index contributed by atoms with van der Waals surface area (Å²) in [6.45, 7) is 5.20. The lowest BCUT2D eigenvalue weighted by Crippen LogP contribution is -2.53. The van der Waals surface area contributed by atoms with E-state index in [-0.39, 0.29) is 35.6 Å². The van der Waals surface area contributed by atoms with Gasteiger partial charge in [0, 0.05) is 81.0 Å². The zero-order valence-electron chi connectivity index (χ0n) is 26.1. The van der Waals surface area contributed by atoms with Crippen molar-refractivity contribution in [1.29, 1.82) is 0 Å². The maximum Gasteiger partial charge on any atom is 0.253 e. The number of hydrogen-bond acceptors (Lipinski definition) is 5. The number of morpholine rings is 1. The third-order valence-electron chi connectivity index (χ3n) is 9.72. The minimum absolute atomic E-state index is 0.00966. The van der Waals surface area contributed by atoms with Gasteiger partial charge in [0.15, 0.2) is 0 Å². The molecule has 3 aromatic rings. The molecule has 46 heavy (non-hydrogen) atoms. The zero-order chi connectivity index (χ0) is 32.2. The van der Waals surface area contributed by atoms with Gasteiger partial charge in [-0.1, -0.05) is 47.5 Å². The summed E-state index contributed by atoms with van der Waals surface area (Å²) in [6.07, 6.45) is 1.90. The van der Waals surface area contributed by atoms with Crippen LogP contribution in [0.1, 0.15) is 51.5 Å². The fourth-order valence-corrected chi connectivity index (χ4v) is 7.32. The highest BCUT2D eigenvalue weighted by molar-refractivity contribution is 6.42. The second-order valence-electron chi connectivity index (χ2n) is 12.4. The Kier molecular flexibility index (Phi) is 10.2. The van der Waals surface area contributed by atoms with Gasteiger partial charge in [0.2, 0.25) is 5.91 Å². The van der Waals surface area contributed by atoms with Crippen LogP contribution in [0.5, 0.6) is 0 Å².